The van der Waals surface area contributed by atoms with Crippen LogP contribution in [0.15, 0.2) is 18.7 Å². The zero-order valence-electron chi connectivity index (χ0n) is 17.5. The highest BCUT2D eigenvalue weighted by Gasteiger charge is 2.10. The molecule has 0 saturated heterocycles. The molecule has 0 N–H and O–H groups in total. The second-order valence-corrected chi connectivity index (χ2v) is 9.53. The second kappa shape index (κ2) is 11.0. The van der Waals surface area contributed by atoms with Crippen LogP contribution in [0.1, 0.15) is 67.2 Å². The van der Waals surface area contributed by atoms with Gasteiger partial charge >= 0.3 is 0 Å². The lowest BCUT2D eigenvalue weighted by Gasteiger charge is -2.17. The molecule has 0 radical (unpaired) electrons. The summed E-state index contributed by atoms with van der Waals surface area (Å²) >= 11 is 0. The lowest BCUT2D eigenvalue weighted by atomic mass is 9.99. The minimum Gasteiger partial charge on any atom is -0.381 e. The molecule has 4 heteroatoms. The van der Waals surface area contributed by atoms with E-state index in [0.717, 1.165) is 52.4 Å². The van der Waals surface area contributed by atoms with E-state index in [9.17, 15) is 0 Å². The third kappa shape index (κ3) is 13.1. The van der Waals surface area contributed by atoms with E-state index in [4.69, 9.17) is 9.47 Å². The standard InChI is InChI=1S/C21H41N2O2/c1-20(2,3)17-24-15-9-7-11-22-13-14-23(19-22)12-8-10-16-25-18-21(4,5)6/h13-14,19H,7-12,15-18H2,1-6H3/q+1. The van der Waals surface area contributed by atoms with Gasteiger partial charge in [0.05, 0.1) is 26.3 Å². The molecule has 1 aromatic rings. The minimum atomic E-state index is 0.268. The monoisotopic (exact) mass is 353 g/mol. The smallest absolute Gasteiger partial charge is 0.243 e. The Bertz CT molecular complexity index is 415. The highest BCUT2D eigenvalue weighted by molar-refractivity contribution is 4.66. The number of unbranched alkanes of at least 4 members (excludes halogenated alkanes) is 2. The summed E-state index contributed by atoms with van der Waals surface area (Å²) in [5.41, 5.74) is 0.535. The molecule has 1 aromatic heterocycles. The van der Waals surface area contributed by atoms with E-state index in [1.807, 2.05) is 0 Å². The van der Waals surface area contributed by atoms with E-state index in [1.54, 1.807) is 0 Å². The molecule has 1 heterocycles. The van der Waals surface area contributed by atoms with Crippen molar-refractivity contribution >= 4 is 0 Å². The quantitative estimate of drug-likeness (QED) is 0.410. The van der Waals surface area contributed by atoms with Gasteiger partial charge in [-0.1, -0.05) is 41.5 Å². The summed E-state index contributed by atoms with van der Waals surface area (Å²) in [5.74, 6) is 0. The average Bonchev–Trinajstić information content (AvgIpc) is 2.92. The van der Waals surface area contributed by atoms with Crippen LogP contribution >= 0.6 is 0 Å². The summed E-state index contributed by atoms with van der Waals surface area (Å²) in [6, 6.07) is 0. The van der Waals surface area contributed by atoms with Gasteiger partial charge in [0.25, 0.3) is 0 Å². The number of aryl methyl sites for hydroxylation is 2. The molecule has 0 bridgehead atoms. The molecule has 0 aliphatic carbocycles. The first-order valence-electron chi connectivity index (χ1n) is 9.86. The van der Waals surface area contributed by atoms with Crippen molar-refractivity contribution in [3.05, 3.63) is 18.7 Å². The molecule has 146 valence electrons. The number of rotatable bonds is 12. The van der Waals surface area contributed by atoms with E-state index in [-0.39, 0.29) is 10.8 Å². The SMILES string of the molecule is CC(C)(C)COCCCCn1cc[n+](CCCCOCC(C)(C)C)c1. The molecule has 0 aromatic carbocycles. The number of nitrogens with zero attached hydrogens (tertiary/aromatic N) is 2. The lowest BCUT2D eigenvalue weighted by Crippen LogP contribution is -2.31. The maximum atomic E-state index is 5.72. The van der Waals surface area contributed by atoms with Gasteiger partial charge in [0.2, 0.25) is 6.33 Å². The van der Waals surface area contributed by atoms with Crippen LogP contribution in [0.25, 0.3) is 0 Å². The Hall–Kier alpha value is -0.870. The molecule has 0 aliphatic heterocycles. The van der Waals surface area contributed by atoms with Crippen molar-refractivity contribution in [3.63, 3.8) is 0 Å². The number of imidazole rings is 1. The van der Waals surface area contributed by atoms with Gasteiger partial charge in [-0.05, 0) is 36.5 Å². The van der Waals surface area contributed by atoms with Gasteiger partial charge in [-0.15, -0.1) is 0 Å². The Labute approximate surface area is 155 Å². The Morgan fingerprint density at radius 2 is 1.36 bits per heavy atom. The summed E-state index contributed by atoms with van der Waals surface area (Å²) < 4.78 is 16.0. The van der Waals surface area contributed by atoms with E-state index in [2.05, 4.69) is 69.4 Å². The fraction of sp³-hybridized carbons (Fsp3) is 0.857. The molecular formula is C21H41N2O2+. The van der Waals surface area contributed by atoms with Crippen LogP contribution in [0.3, 0.4) is 0 Å². The van der Waals surface area contributed by atoms with Crippen LogP contribution in [0.4, 0.5) is 0 Å². The maximum absolute atomic E-state index is 5.72. The molecule has 0 atom stereocenters. The fourth-order valence-electron chi connectivity index (χ4n) is 2.46. The van der Waals surface area contributed by atoms with Gasteiger partial charge in [-0.3, -0.25) is 0 Å². The first-order valence-corrected chi connectivity index (χ1v) is 9.86. The third-order valence-electron chi connectivity index (χ3n) is 3.73. The zero-order chi connectivity index (χ0) is 18.8. The molecule has 4 nitrogen and oxygen atoms in total. The molecule has 0 unspecified atom stereocenters. The van der Waals surface area contributed by atoms with Crippen molar-refractivity contribution < 1.29 is 14.0 Å². The van der Waals surface area contributed by atoms with Gasteiger partial charge in [0.1, 0.15) is 12.4 Å². The fourth-order valence-corrected chi connectivity index (χ4v) is 2.46. The van der Waals surface area contributed by atoms with E-state index < -0.39 is 0 Å². The van der Waals surface area contributed by atoms with Crippen LogP contribution in [-0.2, 0) is 22.6 Å². The Kier molecular flexibility index (Phi) is 9.73. The van der Waals surface area contributed by atoms with Crippen LogP contribution in [-0.4, -0.2) is 31.0 Å². The van der Waals surface area contributed by atoms with Crippen LogP contribution in [0.2, 0.25) is 0 Å². The summed E-state index contributed by atoms with van der Waals surface area (Å²) in [7, 11) is 0. The van der Waals surface area contributed by atoms with E-state index in [0.29, 0.717) is 0 Å². The van der Waals surface area contributed by atoms with Gasteiger partial charge < -0.3 is 9.47 Å². The van der Waals surface area contributed by atoms with Crippen molar-refractivity contribution in [3.8, 4) is 0 Å². The normalized spacial score (nSPS) is 12.7. The highest BCUT2D eigenvalue weighted by atomic mass is 16.5. The molecule has 0 amide bonds. The average molecular weight is 354 g/mol. The summed E-state index contributed by atoms with van der Waals surface area (Å²) in [5, 5.41) is 0. The Morgan fingerprint density at radius 3 is 1.92 bits per heavy atom. The van der Waals surface area contributed by atoms with Gasteiger partial charge in [0, 0.05) is 13.2 Å². The first-order chi connectivity index (χ1) is 11.7. The molecule has 25 heavy (non-hydrogen) atoms. The van der Waals surface area contributed by atoms with Crippen LogP contribution < -0.4 is 4.57 Å². The maximum Gasteiger partial charge on any atom is 0.243 e. The zero-order valence-corrected chi connectivity index (χ0v) is 17.5. The van der Waals surface area contributed by atoms with Gasteiger partial charge in [-0.25, -0.2) is 9.13 Å². The molecule has 0 fully saturated rings. The largest absolute Gasteiger partial charge is 0.381 e. The first kappa shape index (κ1) is 22.2. The number of hydrogen-bond donors (Lipinski definition) is 0. The van der Waals surface area contributed by atoms with Crippen molar-refractivity contribution in [2.24, 2.45) is 10.8 Å². The van der Waals surface area contributed by atoms with Crippen LogP contribution in [0.5, 0.6) is 0 Å². The number of aromatic nitrogens is 2. The van der Waals surface area contributed by atoms with Crippen LogP contribution in [0, 0.1) is 10.8 Å². The molecular weight excluding hydrogens is 312 g/mol. The van der Waals surface area contributed by atoms with E-state index in [1.165, 1.54) is 12.8 Å². The number of hydrogen-bond acceptors (Lipinski definition) is 2. The molecule has 0 spiro atoms. The van der Waals surface area contributed by atoms with E-state index >= 15 is 0 Å². The van der Waals surface area contributed by atoms with Gasteiger partial charge in [0.15, 0.2) is 0 Å². The van der Waals surface area contributed by atoms with Crippen molar-refractivity contribution in [2.75, 3.05) is 26.4 Å². The summed E-state index contributed by atoms with van der Waals surface area (Å²) in [4.78, 5) is 0. The second-order valence-electron chi connectivity index (χ2n) is 9.53. The van der Waals surface area contributed by atoms with Crippen molar-refractivity contribution in [2.45, 2.75) is 80.3 Å². The van der Waals surface area contributed by atoms with Crippen molar-refractivity contribution in [1.29, 1.82) is 0 Å². The predicted molar refractivity (Wildman–Crippen MR) is 104 cm³/mol. The molecule has 1 rings (SSSR count). The molecule has 0 aliphatic rings. The molecule has 0 saturated carbocycles. The predicted octanol–water partition coefficient (Wildman–Crippen LogP) is 4.46. The van der Waals surface area contributed by atoms with Crippen molar-refractivity contribution in [1.82, 2.24) is 4.57 Å². The minimum absolute atomic E-state index is 0.268. The summed E-state index contributed by atoms with van der Waals surface area (Å²) in [6.07, 6.45) is 11.1. The van der Waals surface area contributed by atoms with Gasteiger partial charge in [-0.2, -0.15) is 0 Å². The Morgan fingerprint density at radius 1 is 0.800 bits per heavy atom. The summed E-state index contributed by atoms with van der Waals surface area (Å²) in [6.45, 7) is 18.8. The topological polar surface area (TPSA) is 27.3 Å². The number of ether oxygens (including phenoxy) is 2. The Balaban J connectivity index is 2.04. The third-order valence-corrected chi connectivity index (χ3v) is 3.73. The highest BCUT2D eigenvalue weighted by Crippen LogP contribution is 2.13. The lowest BCUT2D eigenvalue weighted by molar-refractivity contribution is -0.697.